The molecule has 0 aliphatic rings. The van der Waals surface area contributed by atoms with Crippen molar-refractivity contribution in [3.63, 3.8) is 0 Å². The van der Waals surface area contributed by atoms with Crippen molar-refractivity contribution in [3.8, 4) is 17.1 Å². The summed E-state index contributed by atoms with van der Waals surface area (Å²) in [6, 6.07) is 2.41. The Morgan fingerprint density at radius 1 is 1.21 bits per heavy atom. The summed E-state index contributed by atoms with van der Waals surface area (Å²) in [6.07, 6.45) is 2.53. The first kappa shape index (κ1) is 17.7. The highest BCUT2D eigenvalue weighted by molar-refractivity contribution is 5.89. The maximum atomic E-state index is 14.0. The largest absolute Gasteiger partial charge is 0.494 e. The van der Waals surface area contributed by atoms with Crippen LogP contribution in [0.2, 0.25) is 0 Å². The van der Waals surface area contributed by atoms with Crippen LogP contribution in [0.1, 0.15) is 26.3 Å². The number of carbonyl (C=O) groups excluding carboxylic acids is 1. The SMILES string of the molecule is COc1c(NC(=O)OC(C)(C)C)cc(F)cc1-c1ncc(C)cn1. The van der Waals surface area contributed by atoms with E-state index in [1.165, 1.54) is 13.2 Å². The van der Waals surface area contributed by atoms with Gasteiger partial charge in [-0.15, -0.1) is 0 Å². The lowest BCUT2D eigenvalue weighted by Crippen LogP contribution is -2.27. The second-order valence-electron chi connectivity index (χ2n) is 6.25. The summed E-state index contributed by atoms with van der Waals surface area (Å²) in [7, 11) is 1.42. The minimum absolute atomic E-state index is 0.144. The minimum Gasteiger partial charge on any atom is -0.494 e. The minimum atomic E-state index is -0.706. The highest BCUT2D eigenvalue weighted by Crippen LogP contribution is 2.36. The van der Waals surface area contributed by atoms with E-state index in [0.717, 1.165) is 11.6 Å². The molecular weight excluding hydrogens is 313 g/mol. The van der Waals surface area contributed by atoms with Gasteiger partial charge in [-0.3, -0.25) is 5.32 Å². The molecule has 1 heterocycles. The second kappa shape index (κ2) is 6.82. The van der Waals surface area contributed by atoms with Crippen LogP contribution >= 0.6 is 0 Å². The molecule has 1 aromatic heterocycles. The van der Waals surface area contributed by atoms with Gasteiger partial charge in [0.2, 0.25) is 0 Å². The number of hydrogen-bond acceptors (Lipinski definition) is 5. The van der Waals surface area contributed by atoms with E-state index in [9.17, 15) is 9.18 Å². The number of methoxy groups -OCH3 is 1. The first-order valence-electron chi connectivity index (χ1n) is 7.36. The molecule has 0 saturated carbocycles. The van der Waals surface area contributed by atoms with Gasteiger partial charge in [0, 0.05) is 18.5 Å². The molecule has 2 rings (SSSR count). The molecule has 0 saturated heterocycles. The van der Waals surface area contributed by atoms with Crippen molar-refractivity contribution in [2.45, 2.75) is 33.3 Å². The van der Waals surface area contributed by atoms with Crippen LogP contribution in [-0.4, -0.2) is 28.8 Å². The van der Waals surface area contributed by atoms with Gasteiger partial charge in [-0.05, 0) is 39.3 Å². The van der Waals surface area contributed by atoms with E-state index in [-0.39, 0.29) is 11.4 Å². The summed E-state index contributed by atoms with van der Waals surface area (Å²) in [5, 5.41) is 2.50. The fourth-order valence-corrected chi connectivity index (χ4v) is 2.02. The van der Waals surface area contributed by atoms with Crippen LogP contribution in [-0.2, 0) is 4.74 Å². The first-order chi connectivity index (χ1) is 11.2. The lowest BCUT2D eigenvalue weighted by atomic mass is 10.1. The molecular formula is C17H20FN3O3. The lowest BCUT2D eigenvalue weighted by Gasteiger charge is -2.20. The number of halogens is 1. The van der Waals surface area contributed by atoms with Gasteiger partial charge in [-0.25, -0.2) is 19.2 Å². The zero-order valence-electron chi connectivity index (χ0n) is 14.3. The van der Waals surface area contributed by atoms with Crippen LogP contribution in [0.5, 0.6) is 5.75 Å². The van der Waals surface area contributed by atoms with Crippen LogP contribution in [0.15, 0.2) is 24.5 Å². The van der Waals surface area contributed by atoms with Crippen LogP contribution in [0.3, 0.4) is 0 Å². The van der Waals surface area contributed by atoms with E-state index >= 15 is 0 Å². The number of nitrogens with one attached hydrogen (secondary N) is 1. The third kappa shape index (κ3) is 4.41. The Hall–Kier alpha value is -2.70. The monoisotopic (exact) mass is 333 g/mol. The van der Waals surface area contributed by atoms with Gasteiger partial charge in [0.05, 0.1) is 18.4 Å². The fraction of sp³-hybridized carbons (Fsp3) is 0.353. The predicted molar refractivity (Wildman–Crippen MR) is 88.6 cm³/mol. The van der Waals surface area contributed by atoms with E-state index < -0.39 is 17.5 Å². The molecule has 2 aromatic rings. The Morgan fingerprint density at radius 3 is 2.38 bits per heavy atom. The summed E-state index contributed by atoms with van der Waals surface area (Å²) in [6.45, 7) is 7.06. The fourth-order valence-electron chi connectivity index (χ4n) is 2.02. The van der Waals surface area contributed by atoms with Crippen LogP contribution in [0, 0.1) is 12.7 Å². The van der Waals surface area contributed by atoms with Gasteiger partial charge in [0.25, 0.3) is 0 Å². The number of anilines is 1. The van der Waals surface area contributed by atoms with E-state index in [4.69, 9.17) is 9.47 Å². The predicted octanol–water partition coefficient (Wildman–Crippen LogP) is 3.95. The molecule has 24 heavy (non-hydrogen) atoms. The quantitative estimate of drug-likeness (QED) is 0.921. The number of aromatic nitrogens is 2. The summed E-state index contributed by atoms with van der Waals surface area (Å²) in [5.74, 6) is -0.00339. The van der Waals surface area contributed by atoms with Gasteiger partial charge < -0.3 is 9.47 Å². The van der Waals surface area contributed by atoms with Crippen LogP contribution in [0.4, 0.5) is 14.9 Å². The van der Waals surface area contributed by atoms with Crippen molar-refractivity contribution < 1.29 is 18.7 Å². The number of aryl methyl sites for hydroxylation is 1. The van der Waals surface area contributed by atoms with E-state index in [2.05, 4.69) is 15.3 Å². The van der Waals surface area contributed by atoms with Crippen molar-refractivity contribution in [1.82, 2.24) is 9.97 Å². The van der Waals surface area contributed by atoms with Gasteiger partial charge in [0.15, 0.2) is 11.6 Å². The highest BCUT2D eigenvalue weighted by atomic mass is 19.1. The third-order valence-electron chi connectivity index (χ3n) is 2.92. The number of ether oxygens (including phenoxy) is 2. The molecule has 0 aliphatic carbocycles. The molecule has 128 valence electrons. The van der Waals surface area contributed by atoms with Gasteiger partial charge in [-0.1, -0.05) is 0 Å². The maximum absolute atomic E-state index is 14.0. The first-order valence-corrected chi connectivity index (χ1v) is 7.36. The third-order valence-corrected chi connectivity index (χ3v) is 2.92. The maximum Gasteiger partial charge on any atom is 0.412 e. The Balaban J connectivity index is 2.42. The topological polar surface area (TPSA) is 73.3 Å². The Bertz CT molecular complexity index is 740. The Morgan fingerprint density at radius 2 is 1.83 bits per heavy atom. The van der Waals surface area contributed by atoms with Crippen LogP contribution < -0.4 is 10.1 Å². The standard InChI is InChI=1S/C17H20FN3O3/c1-10-8-19-15(20-9-10)12-6-11(18)7-13(14(12)23-5)21-16(22)24-17(2,3)4/h6-9H,1-5H3,(H,21,22). The summed E-state index contributed by atoms with van der Waals surface area (Å²) < 4.78 is 24.5. The highest BCUT2D eigenvalue weighted by Gasteiger charge is 2.21. The number of nitrogens with zero attached hydrogens (tertiary/aromatic N) is 2. The van der Waals surface area contributed by atoms with Crippen molar-refractivity contribution in [3.05, 3.63) is 35.9 Å². The molecule has 1 amide bonds. The van der Waals surface area contributed by atoms with Crippen molar-refractivity contribution >= 4 is 11.8 Å². The van der Waals surface area contributed by atoms with Gasteiger partial charge >= 0.3 is 6.09 Å². The zero-order valence-corrected chi connectivity index (χ0v) is 14.3. The molecule has 0 spiro atoms. The van der Waals surface area contributed by atoms with E-state index in [0.29, 0.717) is 11.4 Å². The van der Waals surface area contributed by atoms with Crippen LogP contribution in [0.25, 0.3) is 11.4 Å². The Kier molecular flexibility index (Phi) is 5.02. The number of carbonyl (C=O) groups is 1. The summed E-state index contributed by atoms with van der Waals surface area (Å²) >= 11 is 0. The number of benzene rings is 1. The smallest absolute Gasteiger partial charge is 0.412 e. The van der Waals surface area contributed by atoms with E-state index in [1.54, 1.807) is 33.2 Å². The molecule has 0 fully saturated rings. The molecule has 0 unspecified atom stereocenters. The van der Waals surface area contributed by atoms with Gasteiger partial charge in [-0.2, -0.15) is 0 Å². The molecule has 0 bridgehead atoms. The number of amides is 1. The summed E-state index contributed by atoms with van der Waals surface area (Å²) in [5.41, 5.74) is 0.684. The van der Waals surface area contributed by atoms with Crippen molar-refractivity contribution in [2.75, 3.05) is 12.4 Å². The molecule has 6 nitrogen and oxygen atoms in total. The average Bonchev–Trinajstić information content (AvgIpc) is 2.45. The lowest BCUT2D eigenvalue weighted by molar-refractivity contribution is 0.0635. The molecule has 1 N–H and O–H groups in total. The molecule has 0 atom stereocenters. The number of hydrogen-bond donors (Lipinski definition) is 1. The molecule has 0 aliphatic heterocycles. The second-order valence-corrected chi connectivity index (χ2v) is 6.25. The Labute approximate surface area is 140 Å². The summed E-state index contributed by atoms with van der Waals surface area (Å²) in [4.78, 5) is 20.3. The average molecular weight is 333 g/mol. The zero-order chi connectivity index (χ0) is 17.9. The van der Waals surface area contributed by atoms with Gasteiger partial charge in [0.1, 0.15) is 11.4 Å². The molecule has 1 aromatic carbocycles. The normalized spacial score (nSPS) is 11.1. The van der Waals surface area contributed by atoms with Crippen molar-refractivity contribution in [1.29, 1.82) is 0 Å². The van der Waals surface area contributed by atoms with Crippen molar-refractivity contribution in [2.24, 2.45) is 0 Å². The molecule has 0 radical (unpaired) electrons. The molecule has 7 heteroatoms. The number of rotatable bonds is 3. The van der Waals surface area contributed by atoms with E-state index in [1.807, 2.05) is 6.92 Å².